The van der Waals surface area contributed by atoms with Gasteiger partial charge in [0.05, 0.1) is 12.7 Å². The number of halogens is 1. The van der Waals surface area contributed by atoms with Crippen LogP contribution in [0.15, 0.2) is 42.5 Å². The second-order valence-electron chi connectivity index (χ2n) is 6.41. The summed E-state index contributed by atoms with van der Waals surface area (Å²) in [5.41, 5.74) is 1.13. The van der Waals surface area contributed by atoms with E-state index in [0.717, 1.165) is 31.5 Å². The van der Waals surface area contributed by atoms with E-state index in [1.807, 2.05) is 18.2 Å². The molecule has 1 amide bonds. The summed E-state index contributed by atoms with van der Waals surface area (Å²) in [6.45, 7) is 1.46. The minimum absolute atomic E-state index is 0.169. The fourth-order valence-electron chi connectivity index (χ4n) is 2.95. The predicted octanol–water partition coefficient (Wildman–Crippen LogP) is 3.71. The molecule has 0 spiro atoms. The van der Waals surface area contributed by atoms with Crippen molar-refractivity contribution in [2.24, 2.45) is 0 Å². The van der Waals surface area contributed by atoms with Crippen molar-refractivity contribution in [1.29, 1.82) is 0 Å². The molecular formula is C21H22ClNO5. The smallest absolute Gasteiger partial charge is 0.338 e. The van der Waals surface area contributed by atoms with Gasteiger partial charge in [0.2, 0.25) is 0 Å². The zero-order chi connectivity index (χ0) is 19.9. The highest BCUT2D eigenvalue weighted by Gasteiger charge is 2.20. The summed E-state index contributed by atoms with van der Waals surface area (Å²) in [5, 5.41) is 0.615. The number of methoxy groups -OCH3 is 1. The number of nitrogens with zero attached hydrogens (tertiary/aromatic N) is 1. The molecule has 2 aromatic carbocycles. The van der Waals surface area contributed by atoms with Gasteiger partial charge in [-0.15, -0.1) is 0 Å². The number of carbonyl (C=O) groups excluding carboxylic acids is 2. The molecule has 3 rings (SSSR count). The van der Waals surface area contributed by atoms with Crippen molar-refractivity contribution < 1.29 is 23.8 Å². The van der Waals surface area contributed by atoms with Gasteiger partial charge in [-0.25, -0.2) is 4.79 Å². The molecule has 0 aromatic heterocycles. The topological polar surface area (TPSA) is 65.1 Å². The molecule has 1 aliphatic heterocycles. The Morgan fingerprint density at radius 1 is 1.07 bits per heavy atom. The van der Waals surface area contributed by atoms with E-state index < -0.39 is 5.97 Å². The van der Waals surface area contributed by atoms with Gasteiger partial charge >= 0.3 is 5.97 Å². The summed E-state index contributed by atoms with van der Waals surface area (Å²) in [6, 6.07) is 12.1. The summed E-state index contributed by atoms with van der Waals surface area (Å²) < 4.78 is 16.2. The Labute approximate surface area is 168 Å². The average Bonchev–Trinajstić information content (AvgIpc) is 3.26. The zero-order valence-electron chi connectivity index (χ0n) is 15.7. The molecule has 0 N–H and O–H groups in total. The number of amides is 1. The molecule has 6 nitrogen and oxygen atoms in total. The Kier molecular flexibility index (Phi) is 6.76. The van der Waals surface area contributed by atoms with Crippen LogP contribution in [-0.2, 0) is 16.1 Å². The maximum atomic E-state index is 12.3. The Bertz CT molecular complexity index is 848. The summed E-state index contributed by atoms with van der Waals surface area (Å²) in [6.07, 6.45) is 1.99. The lowest BCUT2D eigenvalue weighted by Crippen LogP contribution is -2.32. The fourth-order valence-corrected chi connectivity index (χ4v) is 3.14. The van der Waals surface area contributed by atoms with E-state index in [-0.39, 0.29) is 24.7 Å². The van der Waals surface area contributed by atoms with Crippen LogP contribution in [0.4, 0.5) is 0 Å². The van der Waals surface area contributed by atoms with E-state index in [0.29, 0.717) is 16.5 Å². The van der Waals surface area contributed by atoms with Crippen LogP contribution in [0.2, 0.25) is 5.02 Å². The average molecular weight is 404 g/mol. The largest absolute Gasteiger partial charge is 0.493 e. The zero-order valence-corrected chi connectivity index (χ0v) is 16.4. The van der Waals surface area contributed by atoms with E-state index >= 15 is 0 Å². The third-order valence-corrected chi connectivity index (χ3v) is 4.89. The maximum Gasteiger partial charge on any atom is 0.338 e. The van der Waals surface area contributed by atoms with Gasteiger partial charge in [-0.05, 0) is 37.1 Å². The number of benzene rings is 2. The minimum Gasteiger partial charge on any atom is -0.493 e. The van der Waals surface area contributed by atoms with E-state index in [2.05, 4.69) is 0 Å². The molecule has 2 aromatic rings. The molecular weight excluding hydrogens is 382 g/mol. The second-order valence-corrected chi connectivity index (χ2v) is 6.82. The van der Waals surface area contributed by atoms with Gasteiger partial charge in [0.1, 0.15) is 6.61 Å². The van der Waals surface area contributed by atoms with Crippen LogP contribution >= 0.6 is 11.6 Å². The number of esters is 1. The highest BCUT2D eigenvalue weighted by molar-refractivity contribution is 6.31. The highest BCUT2D eigenvalue weighted by Crippen LogP contribution is 2.30. The van der Waals surface area contributed by atoms with Gasteiger partial charge < -0.3 is 19.1 Å². The van der Waals surface area contributed by atoms with E-state index in [1.54, 1.807) is 23.1 Å². The first-order valence-corrected chi connectivity index (χ1v) is 9.45. The van der Waals surface area contributed by atoms with Gasteiger partial charge in [0.15, 0.2) is 18.1 Å². The summed E-state index contributed by atoms with van der Waals surface area (Å²) in [7, 11) is 1.49. The van der Waals surface area contributed by atoms with Crippen molar-refractivity contribution in [1.82, 2.24) is 4.90 Å². The van der Waals surface area contributed by atoms with E-state index in [9.17, 15) is 9.59 Å². The third-order valence-electron chi connectivity index (χ3n) is 4.53. The standard InChI is InChI=1S/C21H22ClNO5/c1-26-19-12-15(21(25)28-14-20(24)23-10-4-5-11-23)8-9-18(19)27-13-16-6-2-3-7-17(16)22/h2-3,6-9,12H,4-5,10-11,13-14H2,1H3. The molecule has 0 unspecified atom stereocenters. The van der Waals surface area contributed by atoms with Gasteiger partial charge in [-0.2, -0.15) is 0 Å². The van der Waals surface area contributed by atoms with Crippen LogP contribution in [-0.4, -0.2) is 43.6 Å². The molecule has 1 saturated heterocycles. The van der Waals surface area contributed by atoms with Crippen LogP contribution < -0.4 is 9.47 Å². The van der Waals surface area contributed by atoms with E-state index in [4.69, 9.17) is 25.8 Å². The Morgan fingerprint density at radius 3 is 2.54 bits per heavy atom. The molecule has 0 radical (unpaired) electrons. The molecule has 7 heteroatoms. The van der Waals surface area contributed by atoms with Crippen molar-refractivity contribution in [2.45, 2.75) is 19.4 Å². The Hall–Kier alpha value is -2.73. The number of likely N-dealkylation sites (tertiary alicyclic amines) is 1. The van der Waals surface area contributed by atoms with Crippen molar-refractivity contribution in [3.05, 3.63) is 58.6 Å². The third kappa shape index (κ3) is 4.95. The molecule has 1 aliphatic rings. The van der Waals surface area contributed by atoms with Crippen LogP contribution in [0.5, 0.6) is 11.5 Å². The number of rotatable bonds is 7. The van der Waals surface area contributed by atoms with Crippen LogP contribution in [0, 0.1) is 0 Å². The van der Waals surface area contributed by atoms with Gasteiger partial charge in [0, 0.05) is 23.7 Å². The lowest BCUT2D eigenvalue weighted by molar-refractivity contribution is -0.133. The monoisotopic (exact) mass is 403 g/mol. The predicted molar refractivity (Wildman–Crippen MR) is 105 cm³/mol. The maximum absolute atomic E-state index is 12.3. The molecule has 0 aliphatic carbocycles. The molecule has 0 saturated carbocycles. The SMILES string of the molecule is COc1cc(C(=O)OCC(=O)N2CCCC2)ccc1OCc1ccccc1Cl. The lowest BCUT2D eigenvalue weighted by atomic mass is 10.2. The molecule has 1 heterocycles. The summed E-state index contributed by atoms with van der Waals surface area (Å²) in [5.74, 6) is 0.125. The first-order valence-electron chi connectivity index (χ1n) is 9.07. The Morgan fingerprint density at radius 2 is 1.82 bits per heavy atom. The quantitative estimate of drug-likeness (QED) is 0.659. The van der Waals surface area contributed by atoms with Crippen molar-refractivity contribution in [3.8, 4) is 11.5 Å². The number of hydrogen-bond acceptors (Lipinski definition) is 5. The number of ether oxygens (including phenoxy) is 3. The molecule has 28 heavy (non-hydrogen) atoms. The number of carbonyl (C=O) groups is 2. The normalized spacial score (nSPS) is 13.3. The van der Waals surface area contributed by atoms with Crippen LogP contribution in [0.25, 0.3) is 0 Å². The first-order chi connectivity index (χ1) is 13.6. The van der Waals surface area contributed by atoms with Gasteiger partial charge in [-0.1, -0.05) is 29.8 Å². The Balaban J connectivity index is 1.60. The minimum atomic E-state index is -0.580. The van der Waals surface area contributed by atoms with E-state index in [1.165, 1.54) is 13.2 Å². The van der Waals surface area contributed by atoms with Crippen molar-refractivity contribution >= 4 is 23.5 Å². The van der Waals surface area contributed by atoms with Gasteiger partial charge in [-0.3, -0.25) is 4.79 Å². The van der Waals surface area contributed by atoms with Crippen molar-refractivity contribution in [2.75, 3.05) is 26.8 Å². The lowest BCUT2D eigenvalue weighted by Gasteiger charge is -2.15. The first kappa shape index (κ1) is 20.0. The molecule has 148 valence electrons. The van der Waals surface area contributed by atoms with Crippen molar-refractivity contribution in [3.63, 3.8) is 0 Å². The molecule has 0 atom stereocenters. The summed E-state index contributed by atoms with van der Waals surface area (Å²) in [4.78, 5) is 26.0. The molecule has 1 fully saturated rings. The number of hydrogen-bond donors (Lipinski definition) is 0. The summed E-state index contributed by atoms with van der Waals surface area (Å²) >= 11 is 6.13. The van der Waals surface area contributed by atoms with Gasteiger partial charge in [0.25, 0.3) is 5.91 Å². The second kappa shape index (κ2) is 9.46. The highest BCUT2D eigenvalue weighted by atomic mass is 35.5. The van der Waals surface area contributed by atoms with Crippen LogP contribution in [0.3, 0.4) is 0 Å². The fraction of sp³-hybridized carbons (Fsp3) is 0.333. The van der Waals surface area contributed by atoms with Crippen LogP contribution in [0.1, 0.15) is 28.8 Å². The molecule has 0 bridgehead atoms.